The lowest BCUT2D eigenvalue weighted by molar-refractivity contribution is -0.385. The molecule has 0 aromatic carbocycles. The fourth-order valence-electron chi connectivity index (χ4n) is 2.25. The Hall–Kier alpha value is -1.79. The molecule has 2 rings (SSSR count). The van der Waals surface area contributed by atoms with Crippen molar-refractivity contribution in [3.8, 4) is 0 Å². The second kappa shape index (κ2) is 4.83. The van der Waals surface area contributed by atoms with E-state index >= 15 is 0 Å². The average molecular weight is 249 g/mol. The number of aliphatic hydroxyl groups excluding tert-OH is 1. The van der Waals surface area contributed by atoms with E-state index in [1.165, 1.54) is 12.4 Å². The van der Waals surface area contributed by atoms with Crippen molar-refractivity contribution >= 4 is 11.3 Å². The molecular formula is C12H15N3O3. The summed E-state index contributed by atoms with van der Waals surface area (Å²) in [5.41, 5.74) is 7.11. The second-order valence-corrected chi connectivity index (χ2v) is 4.59. The van der Waals surface area contributed by atoms with Gasteiger partial charge in [-0.25, -0.2) is 0 Å². The third-order valence-electron chi connectivity index (χ3n) is 3.26. The highest BCUT2D eigenvalue weighted by molar-refractivity contribution is 5.73. The first-order chi connectivity index (χ1) is 8.50. The maximum Gasteiger partial charge on any atom is 0.294 e. The summed E-state index contributed by atoms with van der Waals surface area (Å²) in [4.78, 5) is 14.3. The lowest BCUT2D eigenvalue weighted by Crippen LogP contribution is -2.40. The molecule has 0 aliphatic heterocycles. The molecule has 0 saturated carbocycles. The molecule has 0 bridgehead atoms. The van der Waals surface area contributed by atoms with Gasteiger partial charge in [-0.3, -0.25) is 15.1 Å². The van der Waals surface area contributed by atoms with Gasteiger partial charge >= 0.3 is 0 Å². The molecule has 0 spiro atoms. The lowest BCUT2D eigenvalue weighted by Gasteiger charge is -2.29. The summed E-state index contributed by atoms with van der Waals surface area (Å²) in [7, 11) is 0. The maximum absolute atomic E-state index is 10.9. The number of nitrogens with two attached hydrogens (primary N) is 1. The molecule has 1 aromatic heterocycles. The van der Waals surface area contributed by atoms with Crippen LogP contribution in [0.15, 0.2) is 24.5 Å². The van der Waals surface area contributed by atoms with Crippen molar-refractivity contribution in [3.63, 3.8) is 0 Å². The standard InChI is InChI=1S/C12H15N3O3/c1-7-4-8(5-10(13)12(7)16)9-2-3-14-6-11(9)15(17)18/h2-3,5-7,10,12,16H,4,13H2,1H3/t7-,10+,12-/m0/s1. The fraction of sp³-hybridized carbons (Fsp3) is 0.417. The van der Waals surface area contributed by atoms with Crippen molar-refractivity contribution in [2.24, 2.45) is 11.7 Å². The van der Waals surface area contributed by atoms with E-state index in [0.717, 1.165) is 5.57 Å². The number of nitrogens with zero attached hydrogens (tertiary/aromatic N) is 2. The van der Waals surface area contributed by atoms with Gasteiger partial charge < -0.3 is 10.8 Å². The highest BCUT2D eigenvalue weighted by atomic mass is 16.6. The fourth-order valence-corrected chi connectivity index (χ4v) is 2.25. The molecule has 1 aromatic rings. The molecule has 18 heavy (non-hydrogen) atoms. The molecule has 1 heterocycles. The Morgan fingerprint density at radius 2 is 2.33 bits per heavy atom. The maximum atomic E-state index is 10.9. The Labute approximate surface area is 104 Å². The summed E-state index contributed by atoms with van der Waals surface area (Å²) in [5.74, 6) is -0.0206. The van der Waals surface area contributed by atoms with Gasteiger partial charge in [0.2, 0.25) is 0 Å². The number of aliphatic hydroxyl groups is 1. The van der Waals surface area contributed by atoms with E-state index in [1.54, 1.807) is 12.1 Å². The minimum Gasteiger partial charge on any atom is -0.391 e. The van der Waals surface area contributed by atoms with Crippen LogP contribution in [0.1, 0.15) is 18.9 Å². The van der Waals surface area contributed by atoms with Gasteiger partial charge in [0.15, 0.2) is 0 Å². The molecule has 3 atom stereocenters. The molecule has 1 aliphatic rings. The first-order valence-electron chi connectivity index (χ1n) is 5.74. The summed E-state index contributed by atoms with van der Waals surface area (Å²) in [6.07, 6.45) is 4.42. The van der Waals surface area contributed by atoms with Gasteiger partial charge in [0.05, 0.1) is 16.6 Å². The lowest BCUT2D eigenvalue weighted by atomic mass is 9.82. The van der Waals surface area contributed by atoms with Crippen LogP contribution in [0.4, 0.5) is 5.69 Å². The summed E-state index contributed by atoms with van der Waals surface area (Å²) in [5, 5.41) is 20.7. The molecule has 0 unspecified atom stereocenters. The van der Waals surface area contributed by atoms with Crippen molar-refractivity contribution in [3.05, 3.63) is 40.2 Å². The van der Waals surface area contributed by atoms with Gasteiger partial charge in [-0.2, -0.15) is 0 Å². The molecular weight excluding hydrogens is 234 g/mol. The van der Waals surface area contributed by atoms with Gasteiger partial charge in [-0.1, -0.05) is 13.0 Å². The van der Waals surface area contributed by atoms with Crippen LogP contribution >= 0.6 is 0 Å². The van der Waals surface area contributed by atoms with Gasteiger partial charge in [-0.05, 0) is 24.0 Å². The Bertz CT molecular complexity index is 501. The summed E-state index contributed by atoms with van der Waals surface area (Å²) < 4.78 is 0. The van der Waals surface area contributed by atoms with Crippen LogP contribution in [0.2, 0.25) is 0 Å². The Morgan fingerprint density at radius 3 is 2.94 bits per heavy atom. The quantitative estimate of drug-likeness (QED) is 0.603. The molecule has 0 saturated heterocycles. The van der Waals surface area contributed by atoms with Crippen LogP contribution in [0.3, 0.4) is 0 Å². The first kappa shape index (κ1) is 12.7. The number of hydrogen-bond donors (Lipinski definition) is 2. The third-order valence-corrected chi connectivity index (χ3v) is 3.26. The predicted molar refractivity (Wildman–Crippen MR) is 66.6 cm³/mol. The van der Waals surface area contributed by atoms with Gasteiger partial charge in [0.25, 0.3) is 5.69 Å². The molecule has 3 N–H and O–H groups in total. The summed E-state index contributed by atoms with van der Waals surface area (Å²) in [6, 6.07) is 1.12. The highest BCUT2D eigenvalue weighted by Crippen LogP contribution is 2.34. The zero-order valence-electron chi connectivity index (χ0n) is 9.98. The largest absolute Gasteiger partial charge is 0.391 e. The molecule has 0 fully saturated rings. The number of hydrogen-bond acceptors (Lipinski definition) is 5. The predicted octanol–water partition coefficient (Wildman–Crippen LogP) is 1.10. The number of rotatable bonds is 2. The van der Waals surface area contributed by atoms with Crippen LogP contribution in [0, 0.1) is 16.0 Å². The Morgan fingerprint density at radius 1 is 1.61 bits per heavy atom. The number of allylic oxidation sites excluding steroid dienone is 1. The van der Waals surface area contributed by atoms with Gasteiger partial charge in [0, 0.05) is 12.2 Å². The van der Waals surface area contributed by atoms with E-state index in [2.05, 4.69) is 4.98 Å². The Kier molecular flexibility index (Phi) is 3.40. The molecule has 96 valence electrons. The first-order valence-corrected chi connectivity index (χ1v) is 5.74. The van der Waals surface area contributed by atoms with Gasteiger partial charge in [0.1, 0.15) is 6.20 Å². The number of pyridine rings is 1. The molecule has 6 nitrogen and oxygen atoms in total. The molecule has 1 aliphatic carbocycles. The normalized spacial score (nSPS) is 27.7. The van der Waals surface area contributed by atoms with E-state index in [1.807, 2.05) is 6.92 Å². The van der Waals surface area contributed by atoms with E-state index in [4.69, 9.17) is 5.73 Å². The van der Waals surface area contributed by atoms with Gasteiger partial charge in [-0.15, -0.1) is 0 Å². The summed E-state index contributed by atoms with van der Waals surface area (Å²) in [6.45, 7) is 1.88. The van der Waals surface area contributed by atoms with E-state index < -0.39 is 17.1 Å². The van der Waals surface area contributed by atoms with Crippen molar-refractivity contribution in [1.82, 2.24) is 4.98 Å². The van der Waals surface area contributed by atoms with Crippen molar-refractivity contribution in [2.45, 2.75) is 25.5 Å². The summed E-state index contributed by atoms with van der Waals surface area (Å²) >= 11 is 0. The van der Waals surface area contributed by atoms with Crippen molar-refractivity contribution in [1.29, 1.82) is 0 Å². The SMILES string of the molecule is C[C@H]1CC(c2ccncc2[N+](=O)[O-])=C[C@@H](N)[C@H]1O. The van der Waals surface area contributed by atoms with Crippen LogP contribution in [-0.4, -0.2) is 27.2 Å². The van der Waals surface area contributed by atoms with Crippen LogP contribution in [-0.2, 0) is 0 Å². The molecule has 0 amide bonds. The van der Waals surface area contributed by atoms with Crippen molar-refractivity contribution in [2.75, 3.05) is 0 Å². The third kappa shape index (κ3) is 2.25. The zero-order valence-corrected chi connectivity index (χ0v) is 9.98. The number of nitro groups is 1. The topological polar surface area (TPSA) is 102 Å². The molecule has 0 radical (unpaired) electrons. The van der Waals surface area contributed by atoms with E-state index in [-0.39, 0.29) is 11.6 Å². The van der Waals surface area contributed by atoms with Crippen molar-refractivity contribution < 1.29 is 10.0 Å². The highest BCUT2D eigenvalue weighted by Gasteiger charge is 2.29. The second-order valence-electron chi connectivity index (χ2n) is 4.59. The van der Waals surface area contributed by atoms with E-state index in [0.29, 0.717) is 12.0 Å². The minimum atomic E-state index is -0.602. The average Bonchev–Trinajstić information content (AvgIpc) is 2.35. The minimum absolute atomic E-state index is 0.0206. The monoisotopic (exact) mass is 249 g/mol. The van der Waals surface area contributed by atoms with Crippen LogP contribution < -0.4 is 5.73 Å². The molecule has 6 heteroatoms. The number of aromatic nitrogens is 1. The Balaban J connectivity index is 2.44. The van der Waals surface area contributed by atoms with Crippen LogP contribution in [0.5, 0.6) is 0 Å². The smallest absolute Gasteiger partial charge is 0.294 e. The van der Waals surface area contributed by atoms with Crippen LogP contribution in [0.25, 0.3) is 5.57 Å². The zero-order chi connectivity index (χ0) is 13.3. The van der Waals surface area contributed by atoms with E-state index in [9.17, 15) is 15.2 Å².